The minimum absolute atomic E-state index is 0.149. The van der Waals surface area contributed by atoms with Gasteiger partial charge in [0.1, 0.15) is 5.75 Å². The smallest absolute Gasteiger partial charge is 0.270 e. The van der Waals surface area contributed by atoms with E-state index in [9.17, 15) is 9.59 Å². The minimum atomic E-state index is -0.267. The number of benzene rings is 3. The number of carbonyl (C=O) groups excluding carboxylic acids is 2. The first-order valence-electron chi connectivity index (χ1n) is 10.3. The SMILES string of the molecule is Cc1ccc(N2C(=O)/C(=C\c3ccccc3OCC(=O)Nc3ccccc3)SC2=S)cc1C. The highest BCUT2D eigenvalue weighted by Gasteiger charge is 2.33. The number of thioether (sulfide) groups is 1. The van der Waals surface area contributed by atoms with Crippen LogP contribution in [0.25, 0.3) is 6.08 Å². The second kappa shape index (κ2) is 10.0. The van der Waals surface area contributed by atoms with Crippen LogP contribution in [0.5, 0.6) is 5.75 Å². The number of para-hydroxylation sites is 2. The van der Waals surface area contributed by atoms with Crippen LogP contribution in [-0.4, -0.2) is 22.7 Å². The average molecular weight is 475 g/mol. The fourth-order valence-electron chi connectivity index (χ4n) is 3.29. The van der Waals surface area contributed by atoms with Crippen molar-refractivity contribution < 1.29 is 14.3 Å². The van der Waals surface area contributed by atoms with Gasteiger partial charge in [-0.2, -0.15) is 0 Å². The molecule has 0 saturated carbocycles. The molecule has 0 bridgehead atoms. The summed E-state index contributed by atoms with van der Waals surface area (Å²) in [7, 11) is 0. The normalized spacial score (nSPS) is 14.6. The summed E-state index contributed by atoms with van der Waals surface area (Å²) in [6, 6.07) is 22.3. The first kappa shape index (κ1) is 22.8. The van der Waals surface area contributed by atoms with E-state index < -0.39 is 0 Å². The number of anilines is 2. The first-order valence-corrected chi connectivity index (χ1v) is 11.6. The largest absolute Gasteiger partial charge is 0.483 e. The van der Waals surface area contributed by atoms with Crippen LogP contribution in [0.1, 0.15) is 16.7 Å². The summed E-state index contributed by atoms with van der Waals surface area (Å²) in [5.41, 5.74) is 4.41. The number of hydrogen-bond donors (Lipinski definition) is 1. The summed E-state index contributed by atoms with van der Waals surface area (Å²) in [5.74, 6) is 0.0686. The van der Waals surface area contributed by atoms with Crippen molar-refractivity contribution in [2.75, 3.05) is 16.8 Å². The highest BCUT2D eigenvalue weighted by atomic mass is 32.2. The van der Waals surface area contributed by atoms with E-state index in [1.807, 2.05) is 80.6 Å². The molecular formula is C26H22N2O3S2. The summed E-state index contributed by atoms with van der Waals surface area (Å²) in [5, 5.41) is 2.79. The van der Waals surface area contributed by atoms with Gasteiger partial charge in [-0.05, 0) is 61.4 Å². The lowest BCUT2D eigenvalue weighted by molar-refractivity contribution is -0.118. The Balaban J connectivity index is 1.50. The molecule has 0 aliphatic carbocycles. The van der Waals surface area contributed by atoms with Gasteiger partial charge in [0.15, 0.2) is 10.9 Å². The van der Waals surface area contributed by atoms with Crippen LogP contribution in [0.3, 0.4) is 0 Å². The summed E-state index contributed by atoms with van der Waals surface area (Å²) < 4.78 is 6.24. The van der Waals surface area contributed by atoms with Gasteiger partial charge in [-0.15, -0.1) is 0 Å². The zero-order valence-electron chi connectivity index (χ0n) is 18.2. The molecule has 0 radical (unpaired) electrons. The van der Waals surface area contributed by atoms with Crippen LogP contribution in [-0.2, 0) is 9.59 Å². The Kier molecular flexibility index (Phi) is 6.91. The molecule has 0 spiro atoms. The fourth-order valence-corrected chi connectivity index (χ4v) is 4.58. The minimum Gasteiger partial charge on any atom is -0.483 e. The summed E-state index contributed by atoms with van der Waals surface area (Å²) >= 11 is 6.74. The van der Waals surface area contributed by atoms with E-state index in [2.05, 4.69) is 5.32 Å². The average Bonchev–Trinajstić information content (AvgIpc) is 3.08. The lowest BCUT2D eigenvalue weighted by Gasteiger charge is -2.16. The molecule has 0 unspecified atom stereocenters. The predicted octanol–water partition coefficient (Wildman–Crippen LogP) is 5.73. The molecule has 1 aliphatic heterocycles. The number of ether oxygens (including phenoxy) is 1. The third-order valence-electron chi connectivity index (χ3n) is 5.16. The van der Waals surface area contributed by atoms with Crippen LogP contribution in [0.4, 0.5) is 11.4 Å². The van der Waals surface area contributed by atoms with Crippen molar-refractivity contribution in [3.05, 3.63) is 94.4 Å². The second-order valence-corrected chi connectivity index (χ2v) is 9.20. The molecule has 33 heavy (non-hydrogen) atoms. The Morgan fingerprint density at radius 1 is 1.03 bits per heavy atom. The standard InChI is InChI=1S/C26H22N2O3S2/c1-17-12-13-21(14-18(17)2)28-25(30)23(33-26(28)32)15-19-8-6-7-11-22(19)31-16-24(29)27-20-9-4-3-5-10-20/h3-15H,16H2,1-2H3,(H,27,29)/b23-15+. The number of carbonyl (C=O) groups is 2. The Morgan fingerprint density at radius 3 is 2.52 bits per heavy atom. The molecule has 4 rings (SSSR count). The molecule has 0 aromatic heterocycles. The van der Waals surface area contributed by atoms with Crippen molar-refractivity contribution in [2.24, 2.45) is 0 Å². The summed E-state index contributed by atoms with van der Waals surface area (Å²) in [6.45, 7) is 3.89. The van der Waals surface area contributed by atoms with E-state index in [1.165, 1.54) is 11.8 Å². The molecule has 1 fully saturated rings. The topological polar surface area (TPSA) is 58.6 Å². The molecule has 1 N–H and O–H groups in total. The third kappa shape index (κ3) is 5.32. The van der Waals surface area contributed by atoms with Crippen molar-refractivity contribution in [3.63, 3.8) is 0 Å². The van der Waals surface area contributed by atoms with Gasteiger partial charge in [0, 0.05) is 11.3 Å². The molecule has 7 heteroatoms. The maximum Gasteiger partial charge on any atom is 0.270 e. The Morgan fingerprint density at radius 2 is 1.76 bits per heavy atom. The Labute approximate surface area is 202 Å². The van der Waals surface area contributed by atoms with E-state index in [1.54, 1.807) is 17.0 Å². The van der Waals surface area contributed by atoms with Gasteiger partial charge < -0.3 is 10.1 Å². The van der Waals surface area contributed by atoms with Gasteiger partial charge >= 0.3 is 0 Å². The second-order valence-electron chi connectivity index (χ2n) is 7.53. The third-order valence-corrected chi connectivity index (χ3v) is 6.47. The van der Waals surface area contributed by atoms with Gasteiger partial charge in [-0.25, -0.2) is 0 Å². The summed E-state index contributed by atoms with van der Waals surface area (Å²) in [6.07, 6.45) is 1.75. The van der Waals surface area contributed by atoms with Crippen LogP contribution < -0.4 is 15.0 Å². The van der Waals surface area contributed by atoms with Crippen LogP contribution >= 0.6 is 24.0 Å². The van der Waals surface area contributed by atoms with Gasteiger partial charge in [0.2, 0.25) is 0 Å². The number of thiocarbonyl (C=S) groups is 1. The maximum absolute atomic E-state index is 13.1. The molecule has 5 nitrogen and oxygen atoms in total. The predicted molar refractivity (Wildman–Crippen MR) is 139 cm³/mol. The van der Waals surface area contributed by atoms with Crippen molar-refractivity contribution in [2.45, 2.75) is 13.8 Å². The van der Waals surface area contributed by atoms with Crippen LogP contribution in [0.2, 0.25) is 0 Å². The fraction of sp³-hybridized carbons (Fsp3) is 0.115. The molecule has 0 atom stereocenters. The number of rotatable bonds is 6. The number of amides is 2. The van der Waals surface area contributed by atoms with Crippen LogP contribution in [0, 0.1) is 13.8 Å². The van der Waals surface area contributed by atoms with Crippen molar-refractivity contribution >= 4 is 57.6 Å². The highest BCUT2D eigenvalue weighted by Crippen LogP contribution is 2.37. The first-order chi connectivity index (χ1) is 15.9. The molecule has 1 aliphatic rings. The number of nitrogens with zero attached hydrogens (tertiary/aromatic N) is 1. The molecule has 166 valence electrons. The number of hydrogen-bond acceptors (Lipinski definition) is 5. The Hall–Kier alpha value is -3.42. The van der Waals surface area contributed by atoms with Crippen LogP contribution in [0.15, 0.2) is 77.7 Å². The summed E-state index contributed by atoms with van der Waals surface area (Å²) in [4.78, 5) is 27.4. The zero-order chi connectivity index (χ0) is 23.4. The van der Waals surface area contributed by atoms with E-state index in [0.717, 1.165) is 16.8 Å². The molecule has 1 heterocycles. The van der Waals surface area contributed by atoms with E-state index in [0.29, 0.717) is 26.2 Å². The molecule has 1 saturated heterocycles. The van der Waals surface area contributed by atoms with Crippen molar-refractivity contribution in [1.82, 2.24) is 0 Å². The van der Waals surface area contributed by atoms with Gasteiger partial charge in [-0.1, -0.05) is 66.4 Å². The van der Waals surface area contributed by atoms with E-state index in [-0.39, 0.29) is 18.4 Å². The monoisotopic (exact) mass is 474 g/mol. The van der Waals surface area contributed by atoms with Gasteiger partial charge in [0.25, 0.3) is 11.8 Å². The van der Waals surface area contributed by atoms with E-state index in [4.69, 9.17) is 17.0 Å². The lowest BCUT2D eigenvalue weighted by atomic mass is 10.1. The van der Waals surface area contributed by atoms with Crippen molar-refractivity contribution in [3.8, 4) is 5.75 Å². The van der Waals surface area contributed by atoms with Gasteiger partial charge in [0.05, 0.1) is 10.6 Å². The van der Waals surface area contributed by atoms with E-state index >= 15 is 0 Å². The molecule has 3 aromatic rings. The molecular weight excluding hydrogens is 452 g/mol. The lowest BCUT2D eigenvalue weighted by Crippen LogP contribution is -2.27. The quantitative estimate of drug-likeness (QED) is 0.365. The van der Waals surface area contributed by atoms with Crippen molar-refractivity contribution in [1.29, 1.82) is 0 Å². The van der Waals surface area contributed by atoms with Gasteiger partial charge in [-0.3, -0.25) is 14.5 Å². The maximum atomic E-state index is 13.1. The molecule has 2 amide bonds. The Bertz CT molecular complexity index is 1260. The molecule has 3 aromatic carbocycles. The number of aryl methyl sites for hydroxylation is 2. The zero-order valence-corrected chi connectivity index (χ0v) is 19.8. The highest BCUT2D eigenvalue weighted by molar-refractivity contribution is 8.27. The number of nitrogens with one attached hydrogen (secondary N) is 1.